The first-order chi connectivity index (χ1) is 7.51. The molecule has 0 saturated carbocycles. The highest BCUT2D eigenvalue weighted by atomic mass is 19.3. The van der Waals surface area contributed by atoms with Crippen molar-refractivity contribution in [2.45, 2.75) is 6.43 Å². The van der Waals surface area contributed by atoms with E-state index in [1.807, 2.05) is 0 Å². The van der Waals surface area contributed by atoms with Crippen molar-refractivity contribution in [2.75, 3.05) is 7.11 Å². The van der Waals surface area contributed by atoms with Crippen molar-refractivity contribution >= 4 is 5.97 Å². The molecule has 0 saturated heterocycles. The Morgan fingerprint density at radius 2 is 2.31 bits per heavy atom. The van der Waals surface area contributed by atoms with Crippen LogP contribution in [0.5, 0.6) is 5.88 Å². The smallest absolute Gasteiger partial charge is 0.355 e. The number of halogens is 2. The molecule has 0 amide bonds. The summed E-state index contributed by atoms with van der Waals surface area (Å²) >= 11 is 0. The van der Waals surface area contributed by atoms with Crippen LogP contribution >= 0.6 is 0 Å². The maximum Gasteiger partial charge on any atom is 0.355 e. The molecule has 0 radical (unpaired) electrons. The van der Waals surface area contributed by atoms with E-state index in [9.17, 15) is 13.6 Å². The number of carbonyl (C=O) groups is 1. The molecule has 1 heterocycles. The van der Waals surface area contributed by atoms with Gasteiger partial charge in [-0.2, -0.15) is 5.26 Å². The van der Waals surface area contributed by atoms with Gasteiger partial charge in [0.2, 0.25) is 5.88 Å². The number of pyridine rings is 1. The molecule has 0 bridgehead atoms. The van der Waals surface area contributed by atoms with Gasteiger partial charge < -0.3 is 9.84 Å². The first-order valence-electron chi connectivity index (χ1n) is 4.01. The Bertz CT molecular complexity index is 469. The van der Waals surface area contributed by atoms with Crippen LogP contribution in [-0.4, -0.2) is 23.2 Å². The molecule has 1 aromatic rings. The molecule has 0 fully saturated rings. The van der Waals surface area contributed by atoms with Gasteiger partial charge in [0.25, 0.3) is 6.43 Å². The number of nitrogens with zero attached hydrogens (tertiary/aromatic N) is 2. The zero-order chi connectivity index (χ0) is 12.3. The van der Waals surface area contributed by atoms with E-state index in [-0.39, 0.29) is 11.4 Å². The summed E-state index contributed by atoms with van der Waals surface area (Å²) in [6, 6.07) is 2.36. The fourth-order valence-electron chi connectivity index (χ4n) is 1.09. The Hall–Kier alpha value is -2.23. The third kappa shape index (κ3) is 2.06. The number of rotatable bonds is 3. The Balaban J connectivity index is 3.49. The van der Waals surface area contributed by atoms with Gasteiger partial charge in [-0.05, 0) is 6.07 Å². The molecule has 0 aliphatic carbocycles. The van der Waals surface area contributed by atoms with E-state index in [4.69, 9.17) is 10.4 Å². The quantitative estimate of drug-likeness (QED) is 0.849. The molecule has 0 aliphatic rings. The van der Waals surface area contributed by atoms with E-state index in [2.05, 4.69) is 9.72 Å². The SMILES string of the molecule is COc1nc(C(=O)O)c(C(F)F)cc1C#N. The molecule has 1 rings (SSSR count). The second-order valence-corrected chi connectivity index (χ2v) is 2.70. The third-order valence-electron chi connectivity index (χ3n) is 1.77. The molecule has 0 aliphatic heterocycles. The molecule has 84 valence electrons. The zero-order valence-electron chi connectivity index (χ0n) is 8.07. The number of ether oxygens (including phenoxy) is 1. The summed E-state index contributed by atoms with van der Waals surface area (Å²) < 4.78 is 29.6. The Labute approximate surface area is 88.9 Å². The van der Waals surface area contributed by atoms with Crippen LogP contribution in [0.4, 0.5) is 8.78 Å². The number of hydrogen-bond acceptors (Lipinski definition) is 4. The Morgan fingerprint density at radius 1 is 1.69 bits per heavy atom. The van der Waals surface area contributed by atoms with Gasteiger partial charge in [0.1, 0.15) is 11.6 Å². The highest BCUT2D eigenvalue weighted by molar-refractivity contribution is 5.87. The molecular formula is C9H6F2N2O3. The zero-order valence-corrected chi connectivity index (χ0v) is 8.07. The van der Waals surface area contributed by atoms with Gasteiger partial charge >= 0.3 is 5.97 Å². The molecule has 0 unspecified atom stereocenters. The number of hydrogen-bond donors (Lipinski definition) is 1. The average molecular weight is 228 g/mol. The molecule has 7 heteroatoms. The van der Waals surface area contributed by atoms with Crippen LogP contribution in [0, 0.1) is 11.3 Å². The minimum atomic E-state index is -3.02. The Morgan fingerprint density at radius 3 is 2.69 bits per heavy atom. The highest BCUT2D eigenvalue weighted by Crippen LogP contribution is 2.26. The van der Waals surface area contributed by atoms with Crippen LogP contribution in [0.3, 0.4) is 0 Å². The van der Waals surface area contributed by atoms with Crippen molar-refractivity contribution < 1.29 is 23.4 Å². The van der Waals surface area contributed by atoms with Gasteiger partial charge in [0, 0.05) is 0 Å². The third-order valence-corrected chi connectivity index (χ3v) is 1.77. The molecule has 1 N–H and O–H groups in total. The Kier molecular flexibility index (Phi) is 3.35. The van der Waals surface area contributed by atoms with E-state index < -0.39 is 23.7 Å². The lowest BCUT2D eigenvalue weighted by Gasteiger charge is -2.07. The molecule has 0 spiro atoms. The van der Waals surface area contributed by atoms with Crippen molar-refractivity contribution in [2.24, 2.45) is 0 Å². The first-order valence-corrected chi connectivity index (χ1v) is 4.01. The van der Waals surface area contributed by atoms with Crippen molar-refractivity contribution in [1.29, 1.82) is 5.26 Å². The molecule has 0 aromatic carbocycles. The van der Waals surface area contributed by atoms with E-state index in [1.165, 1.54) is 0 Å². The monoisotopic (exact) mass is 228 g/mol. The van der Waals surface area contributed by atoms with Crippen molar-refractivity contribution in [3.05, 3.63) is 22.9 Å². The highest BCUT2D eigenvalue weighted by Gasteiger charge is 2.23. The van der Waals surface area contributed by atoms with Crippen molar-refractivity contribution in [3.8, 4) is 11.9 Å². The summed E-state index contributed by atoms with van der Waals surface area (Å²) in [5.74, 6) is -1.89. The second-order valence-electron chi connectivity index (χ2n) is 2.70. The predicted molar refractivity (Wildman–Crippen MR) is 47.4 cm³/mol. The molecule has 16 heavy (non-hydrogen) atoms. The summed E-state index contributed by atoms with van der Waals surface area (Å²) in [6.45, 7) is 0. The van der Waals surface area contributed by atoms with Gasteiger partial charge in [0.05, 0.1) is 12.7 Å². The van der Waals surface area contributed by atoms with Gasteiger partial charge in [0.15, 0.2) is 5.69 Å². The minimum absolute atomic E-state index is 0.234. The lowest BCUT2D eigenvalue weighted by atomic mass is 10.1. The molecule has 5 nitrogen and oxygen atoms in total. The fraction of sp³-hybridized carbons (Fsp3) is 0.222. The van der Waals surface area contributed by atoms with E-state index in [1.54, 1.807) is 6.07 Å². The van der Waals surface area contributed by atoms with Gasteiger partial charge in [-0.1, -0.05) is 0 Å². The summed E-state index contributed by atoms with van der Waals surface area (Å²) in [5, 5.41) is 17.3. The van der Waals surface area contributed by atoms with Crippen LogP contribution < -0.4 is 4.74 Å². The van der Waals surface area contributed by atoms with Gasteiger partial charge in [-0.3, -0.25) is 0 Å². The summed E-state index contributed by atoms with van der Waals surface area (Å²) in [4.78, 5) is 14.0. The van der Waals surface area contributed by atoms with E-state index >= 15 is 0 Å². The average Bonchev–Trinajstić information content (AvgIpc) is 2.26. The maximum absolute atomic E-state index is 12.5. The predicted octanol–water partition coefficient (Wildman–Crippen LogP) is 1.60. The maximum atomic E-state index is 12.5. The number of nitriles is 1. The topological polar surface area (TPSA) is 83.2 Å². The summed E-state index contributed by atoms with van der Waals surface area (Å²) in [6.07, 6.45) is -3.02. The number of aromatic carboxylic acids is 1. The van der Waals surface area contributed by atoms with Crippen LogP contribution in [0.2, 0.25) is 0 Å². The second kappa shape index (κ2) is 4.53. The van der Waals surface area contributed by atoms with Crippen LogP contribution in [-0.2, 0) is 0 Å². The first kappa shape index (κ1) is 11.8. The lowest BCUT2D eigenvalue weighted by Crippen LogP contribution is -2.08. The minimum Gasteiger partial charge on any atom is -0.480 e. The number of alkyl halides is 2. The van der Waals surface area contributed by atoms with Crippen LogP contribution in [0.15, 0.2) is 6.07 Å². The summed E-state index contributed by atoms with van der Waals surface area (Å²) in [7, 11) is 1.16. The summed E-state index contributed by atoms with van der Waals surface area (Å²) in [5.41, 5.74) is -1.85. The van der Waals surface area contributed by atoms with Crippen molar-refractivity contribution in [3.63, 3.8) is 0 Å². The van der Waals surface area contributed by atoms with Crippen LogP contribution in [0.1, 0.15) is 28.0 Å². The number of methoxy groups -OCH3 is 1. The standard InChI is InChI=1S/C9H6F2N2O3/c1-16-8-4(3-12)2-5(7(10)11)6(13-8)9(14)15/h2,7H,1H3,(H,14,15). The number of carboxylic acids is 1. The van der Waals surface area contributed by atoms with E-state index in [0.29, 0.717) is 0 Å². The number of carboxylic acid groups (broad SMARTS) is 1. The van der Waals surface area contributed by atoms with Crippen LogP contribution in [0.25, 0.3) is 0 Å². The van der Waals surface area contributed by atoms with E-state index in [0.717, 1.165) is 13.2 Å². The lowest BCUT2D eigenvalue weighted by molar-refractivity contribution is 0.0676. The molecule has 0 atom stereocenters. The fourth-order valence-corrected chi connectivity index (χ4v) is 1.09. The van der Waals surface area contributed by atoms with Gasteiger partial charge in [-0.15, -0.1) is 0 Å². The number of aromatic nitrogens is 1. The normalized spacial score (nSPS) is 9.94. The van der Waals surface area contributed by atoms with Gasteiger partial charge in [-0.25, -0.2) is 18.6 Å². The molecular weight excluding hydrogens is 222 g/mol. The largest absolute Gasteiger partial charge is 0.480 e. The van der Waals surface area contributed by atoms with Crippen molar-refractivity contribution in [1.82, 2.24) is 4.98 Å². The molecule has 1 aromatic heterocycles.